The van der Waals surface area contributed by atoms with E-state index < -0.39 is 0 Å². The summed E-state index contributed by atoms with van der Waals surface area (Å²) in [4.78, 5) is 9.27. The van der Waals surface area contributed by atoms with Gasteiger partial charge in [0.05, 0.1) is 0 Å². The van der Waals surface area contributed by atoms with Crippen LogP contribution in [0.15, 0.2) is 67.0 Å². The first-order valence-corrected chi connectivity index (χ1v) is 9.88. The second kappa shape index (κ2) is 7.22. The first kappa shape index (κ1) is 17.7. The van der Waals surface area contributed by atoms with Gasteiger partial charge in [-0.3, -0.25) is 4.40 Å². The van der Waals surface area contributed by atoms with E-state index in [2.05, 4.69) is 9.38 Å². The van der Waals surface area contributed by atoms with Gasteiger partial charge in [-0.25, -0.2) is 9.97 Å². The van der Waals surface area contributed by atoms with E-state index in [1.807, 2.05) is 60.8 Å². The van der Waals surface area contributed by atoms with Crippen LogP contribution in [0.3, 0.4) is 0 Å². The van der Waals surface area contributed by atoms with Crippen molar-refractivity contribution in [3.8, 4) is 22.8 Å². The fourth-order valence-electron chi connectivity index (χ4n) is 4.02. The van der Waals surface area contributed by atoms with Gasteiger partial charge in [0, 0.05) is 23.9 Å². The standard InChI is InChI=1S/C23H23N5O/c24-14-15-12-17(13-15)23-27-20(21-22(25)26-10-11-28(21)23)16-6-8-19(9-7-16)29-18-4-2-1-3-5-18/h1-11,15,17H,12-14,24H2,(H2,25,26). The molecule has 0 atom stereocenters. The molecule has 29 heavy (non-hydrogen) atoms. The predicted molar refractivity (Wildman–Crippen MR) is 114 cm³/mol. The maximum atomic E-state index is 6.24. The fourth-order valence-corrected chi connectivity index (χ4v) is 4.02. The van der Waals surface area contributed by atoms with Gasteiger partial charge in [0.15, 0.2) is 0 Å². The molecular formula is C23H23N5O. The molecule has 0 spiro atoms. The van der Waals surface area contributed by atoms with Crippen molar-refractivity contribution in [3.05, 3.63) is 72.8 Å². The number of nitrogens with zero attached hydrogens (tertiary/aromatic N) is 3. The number of hydrogen-bond acceptors (Lipinski definition) is 5. The molecule has 0 unspecified atom stereocenters. The van der Waals surface area contributed by atoms with Crippen molar-refractivity contribution in [1.29, 1.82) is 0 Å². The Bertz CT molecular complexity index is 1130. The second-order valence-corrected chi connectivity index (χ2v) is 7.56. The van der Waals surface area contributed by atoms with Gasteiger partial charge in [0.25, 0.3) is 0 Å². The van der Waals surface area contributed by atoms with E-state index in [0.717, 1.165) is 53.5 Å². The van der Waals surface area contributed by atoms with Crippen molar-refractivity contribution in [2.75, 3.05) is 12.3 Å². The van der Waals surface area contributed by atoms with Crippen molar-refractivity contribution in [2.45, 2.75) is 18.8 Å². The van der Waals surface area contributed by atoms with Crippen LogP contribution in [0.5, 0.6) is 11.5 Å². The number of anilines is 1. The summed E-state index contributed by atoms with van der Waals surface area (Å²) in [5.74, 6) is 4.11. The predicted octanol–water partition coefficient (Wildman–Crippen LogP) is 4.22. The molecule has 0 aliphatic heterocycles. The number of para-hydroxylation sites is 1. The SMILES string of the molecule is NCC1CC(c2nc(-c3ccc(Oc4ccccc4)cc3)c3c(N)nccn23)C1. The highest BCUT2D eigenvalue weighted by Gasteiger charge is 2.33. The number of imidazole rings is 1. The third-order valence-corrected chi connectivity index (χ3v) is 5.65. The van der Waals surface area contributed by atoms with Crippen molar-refractivity contribution in [2.24, 2.45) is 11.7 Å². The summed E-state index contributed by atoms with van der Waals surface area (Å²) in [6.07, 6.45) is 5.82. The first-order valence-electron chi connectivity index (χ1n) is 9.88. The van der Waals surface area contributed by atoms with E-state index in [1.54, 1.807) is 6.20 Å². The van der Waals surface area contributed by atoms with Crippen molar-refractivity contribution in [1.82, 2.24) is 14.4 Å². The van der Waals surface area contributed by atoms with E-state index in [-0.39, 0.29) is 0 Å². The minimum Gasteiger partial charge on any atom is -0.457 e. The fraction of sp³-hybridized carbons (Fsp3) is 0.217. The minimum atomic E-state index is 0.410. The first-order chi connectivity index (χ1) is 14.2. The Morgan fingerprint density at radius 1 is 1.00 bits per heavy atom. The Morgan fingerprint density at radius 2 is 1.72 bits per heavy atom. The Labute approximate surface area is 169 Å². The van der Waals surface area contributed by atoms with Crippen molar-refractivity contribution in [3.63, 3.8) is 0 Å². The van der Waals surface area contributed by atoms with Crippen LogP contribution < -0.4 is 16.2 Å². The molecule has 2 aromatic carbocycles. The lowest BCUT2D eigenvalue weighted by Crippen LogP contribution is -2.29. The van der Waals surface area contributed by atoms with Crippen LogP contribution in [0.2, 0.25) is 0 Å². The van der Waals surface area contributed by atoms with E-state index in [4.69, 9.17) is 21.2 Å². The molecule has 1 aliphatic rings. The summed E-state index contributed by atoms with van der Waals surface area (Å²) in [7, 11) is 0. The topological polar surface area (TPSA) is 91.5 Å². The summed E-state index contributed by atoms with van der Waals surface area (Å²) < 4.78 is 7.99. The van der Waals surface area contributed by atoms with Crippen LogP contribution in [-0.4, -0.2) is 20.9 Å². The van der Waals surface area contributed by atoms with Crippen LogP contribution >= 0.6 is 0 Å². The molecule has 5 rings (SSSR count). The van der Waals surface area contributed by atoms with Crippen LogP contribution in [0.1, 0.15) is 24.6 Å². The lowest BCUT2D eigenvalue weighted by molar-refractivity contribution is 0.262. The normalized spacial score (nSPS) is 18.5. The highest BCUT2D eigenvalue weighted by Crippen LogP contribution is 2.42. The summed E-state index contributed by atoms with van der Waals surface area (Å²) in [6.45, 7) is 0.735. The number of hydrogen-bond donors (Lipinski definition) is 2. The van der Waals surface area contributed by atoms with Gasteiger partial charge in [-0.15, -0.1) is 0 Å². The lowest BCUT2D eigenvalue weighted by Gasteiger charge is -2.33. The molecule has 0 amide bonds. The molecule has 1 saturated carbocycles. The third-order valence-electron chi connectivity index (χ3n) is 5.65. The van der Waals surface area contributed by atoms with Crippen LogP contribution in [0.4, 0.5) is 5.82 Å². The van der Waals surface area contributed by atoms with Gasteiger partial charge in [-0.2, -0.15) is 0 Å². The molecule has 2 heterocycles. The quantitative estimate of drug-likeness (QED) is 0.537. The summed E-state index contributed by atoms with van der Waals surface area (Å²) in [5, 5.41) is 0. The molecular weight excluding hydrogens is 362 g/mol. The number of fused-ring (bicyclic) bond motifs is 1. The smallest absolute Gasteiger partial charge is 0.150 e. The van der Waals surface area contributed by atoms with E-state index in [1.165, 1.54) is 0 Å². The minimum absolute atomic E-state index is 0.410. The zero-order chi connectivity index (χ0) is 19.8. The van der Waals surface area contributed by atoms with Crippen molar-refractivity contribution >= 4 is 11.3 Å². The molecule has 0 saturated heterocycles. The number of ether oxygens (including phenoxy) is 1. The Hall–Kier alpha value is -3.38. The van der Waals surface area contributed by atoms with E-state index in [9.17, 15) is 0 Å². The maximum Gasteiger partial charge on any atom is 0.150 e. The number of benzene rings is 2. The van der Waals surface area contributed by atoms with Gasteiger partial charge in [-0.1, -0.05) is 18.2 Å². The average Bonchev–Trinajstić information content (AvgIpc) is 3.09. The maximum absolute atomic E-state index is 6.24. The molecule has 146 valence electrons. The van der Waals surface area contributed by atoms with Crippen LogP contribution in [0, 0.1) is 5.92 Å². The van der Waals surface area contributed by atoms with Gasteiger partial charge >= 0.3 is 0 Å². The highest BCUT2D eigenvalue weighted by molar-refractivity contribution is 5.85. The average molecular weight is 385 g/mol. The third kappa shape index (κ3) is 3.21. The summed E-state index contributed by atoms with van der Waals surface area (Å²) in [5.41, 5.74) is 14.7. The molecule has 1 fully saturated rings. The van der Waals surface area contributed by atoms with Gasteiger partial charge in [0.1, 0.15) is 34.4 Å². The number of nitrogen functional groups attached to an aromatic ring is 1. The molecule has 0 radical (unpaired) electrons. The highest BCUT2D eigenvalue weighted by atomic mass is 16.5. The van der Waals surface area contributed by atoms with E-state index in [0.29, 0.717) is 17.7 Å². The molecule has 0 bridgehead atoms. The Kier molecular flexibility index (Phi) is 4.41. The molecule has 4 aromatic rings. The number of rotatable bonds is 5. The van der Waals surface area contributed by atoms with Gasteiger partial charge < -0.3 is 16.2 Å². The van der Waals surface area contributed by atoms with E-state index >= 15 is 0 Å². The number of aromatic nitrogens is 3. The Balaban J connectivity index is 1.50. The zero-order valence-electron chi connectivity index (χ0n) is 16.0. The number of nitrogens with two attached hydrogens (primary N) is 2. The second-order valence-electron chi connectivity index (χ2n) is 7.56. The van der Waals surface area contributed by atoms with Crippen molar-refractivity contribution < 1.29 is 4.74 Å². The Morgan fingerprint density at radius 3 is 2.45 bits per heavy atom. The zero-order valence-corrected chi connectivity index (χ0v) is 16.0. The van der Waals surface area contributed by atoms with Gasteiger partial charge in [-0.05, 0) is 61.7 Å². The van der Waals surface area contributed by atoms with Crippen LogP contribution in [-0.2, 0) is 0 Å². The lowest BCUT2D eigenvalue weighted by atomic mass is 9.74. The van der Waals surface area contributed by atoms with Gasteiger partial charge in [0.2, 0.25) is 0 Å². The van der Waals surface area contributed by atoms with Crippen LogP contribution in [0.25, 0.3) is 16.8 Å². The molecule has 6 heteroatoms. The molecule has 1 aliphatic carbocycles. The summed E-state index contributed by atoms with van der Waals surface area (Å²) >= 11 is 0. The molecule has 6 nitrogen and oxygen atoms in total. The largest absolute Gasteiger partial charge is 0.457 e. The summed E-state index contributed by atoms with van der Waals surface area (Å²) in [6, 6.07) is 17.7. The monoisotopic (exact) mass is 385 g/mol. The molecule has 2 aromatic heterocycles. The molecule has 4 N–H and O–H groups in total.